The number of nitriles is 1. The van der Waals surface area contributed by atoms with Crippen LogP contribution in [-0.4, -0.2) is 62.5 Å². The van der Waals surface area contributed by atoms with Crippen LogP contribution in [0.4, 0.5) is 11.4 Å². The summed E-state index contributed by atoms with van der Waals surface area (Å²) >= 11 is 0. The van der Waals surface area contributed by atoms with Gasteiger partial charge in [-0.25, -0.2) is 16.8 Å². The summed E-state index contributed by atoms with van der Waals surface area (Å²) < 4.78 is 60.2. The Morgan fingerprint density at radius 3 is 1.81 bits per heavy atom. The van der Waals surface area contributed by atoms with E-state index in [1.54, 1.807) is 18.2 Å². The van der Waals surface area contributed by atoms with Gasteiger partial charge in [0.25, 0.3) is 0 Å². The first kappa shape index (κ1) is 29.7. The molecule has 0 fully saturated rings. The third kappa shape index (κ3) is 9.47. The van der Waals surface area contributed by atoms with E-state index in [-0.39, 0.29) is 6.42 Å². The fourth-order valence-electron chi connectivity index (χ4n) is 3.57. The number of rotatable bonds is 9. The predicted molar refractivity (Wildman–Crippen MR) is 146 cm³/mol. The van der Waals surface area contributed by atoms with Gasteiger partial charge in [-0.2, -0.15) is 5.26 Å². The van der Waals surface area contributed by atoms with Gasteiger partial charge >= 0.3 is 0 Å². The molecule has 0 aromatic heterocycles. The highest BCUT2D eigenvalue weighted by Crippen LogP contribution is 2.30. The average molecular weight is 552 g/mol. The standard InChI is InChI=1S/C13H19N3O3S.C11H14N2O3S/c1-9-6-11(16-20(3,17)18)12(19-2)7-10(9)8-13-14-4-5-15-13;1-8-6-10(13-17(3,14)15)11(16-2)7-9(8)4-5-12/h6-7,16H,4-5,8H2,1-3H3,(H,14,15);6-7,13H,4H2,1-3H3. The van der Waals surface area contributed by atoms with Crippen molar-refractivity contribution in [1.82, 2.24) is 5.32 Å². The molecule has 0 bridgehead atoms. The molecule has 0 saturated carbocycles. The summed E-state index contributed by atoms with van der Waals surface area (Å²) in [5, 5.41) is 11.9. The van der Waals surface area contributed by atoms with Gasteiger partial charge in [-0.3, -0.25) is 14.4 Å². The van der Waals surface area contributed by atoms with E-state index >= 15 is 0 Å². The van der Waals surface area contributed by atoms with Gasteiger partial charge in [0.05, 0.1) is 57.1 Å². The number of benzene rings is 2. The molecule has 0 unspecified atom stereocenters. The molecule has 1 heterocycles. The minimum atomic E-state index is -3.35. The molecule has 13 heteroatoms. The number of ether oxygens (including phenoxy) is 2. The topological polar surface area (TPSA) is 159 Å². The lowest BCUT2D eigenvalue weighted by atomic mass is 10.0. The maximum absolute atomic E-state index is 11.3. The maximum atomic E-state index is 11.3. The van der Waals surface area contributed by atoms with Crippen molar-refractivity contribution in [2.75, 3.05) is 49.3 Å². The quantitative estimate of drug-likeness (QED) is 0.428. The van der Waals surface area contributed by atoms with Crippen molar-refractivity contribution in [3.05, 3.63) is 46.5 Å². The van der Waals surface area contributed by atoms with Crippen LogP contribution in [-0.2, 0) is 32.9 Å². The molecule has 2 aromatic rings. The lowest BCUT2D eigenvalue weighted by Crippen LogP contribution is -2.21. The summed E-state index contributed by atoms with van der Waals surface area (Å²) in [4.78, 5) is 4.36. The number of nitrogens with zero attached hydrogens (tertiary/aromatic N) is 2. The Hall–Kier alpha value is -3.50. The van der Waals surface area contributed by atoms with Crippen LogP contribution in [0.3, 0.4) is 0 Å². The Morgan fingerprint density at radius 2 is 1.41 bits per heavy atom. The fraction of sp³-hybridized carbons (Fsp3) is 0.417. The largest absolute Gasteiger partial charge is 0.495 e. The van der Waals surface area contributed by atoms with Crippen LogP contribution in [0.25, 0.3) is 0 Å². The summed E-state index contributed by atoms with van der Waals surface area (Å²) in [5.41, 5.74) is 4.57. The molecule has 2 aromatic carbocycles. The third-order valence-corrected chi connectivity index (χ3v) is 6.46. The molecule has 0 radical (unpaired) electrons. The molecule has 0 amide bonds. The molecule has 0 aliphatic carbocycles. The average Bonchev–Trinajstić information content (AvgIpc) is 3.29. The zero-order valence-electron chi connectivity index (χ0n) is 21.8. The van der Waals surface area contributed by atoms with E-state index in [0.29, 0.717) is 29.3 Å². The summed E-state index contributed by atoms with van der Waals surface area (Å²) in [6.07, 6.45) is 3.15. The molecular weight excluding hydrogens is 518 g/mol. The predicted octanol–water partition coefficient (Wildman–Crippen LogP) is 2.36. The highest BCUT2D eigenvalue weighted by atomic mass is 32.2. The van der Waals surface area contributed by atoms with E-state index in [1.807, 2.05) is 26.0 Å². The normalized spacial score (nSPS) is 12.8. The third-order valence-electron chi connectivity index (χ3n) is 5.28. The van der Waals surface area contributed by atoms with Crippen molar-refractivity contribution in [3.8, 4) is 17.6 Å². The number of anilines is 2. The molecule has 37 heavy (non-hydrogen) atoms. The highest BCUT2D eigenvalue weighted by Gasteiger charge is 2.14. The Balaban J connectivity index is 0.000000264. The second-order valence-electron chi connectivity index (χ2n) is 8.47. The molecule has 0 atom stereocenters. The van der Waals surface area contributed by atoms with Crippen LogP contribution in [0.2, 0.25) is 0 Å². The SMILES string of the molecule is COc1cc(CC#N)c(C)cc1NS(C)(=O)=O.COc1cc(CC2=NCCN2)c(C)cc1NS(C)(=O)=O. The van der Waals surface area contributed by atoms with Crippen molar-refractivity contribution >= 4 is 37.3 Å². The number of aryl methyl sites for hydroxylation is 2. The Kier molecular flexibility index (Phi) is 10.2. The molecule has 3 N–H and O–H groups in total. The zero-order chi connectivity index (χ0) is 27.8. The van der Waals surface area contributed by atoms with Gasteiger partial charge in [0.1, 0.15) is 17.3 Å². The van der Waals surface area contributed by atoms with Gasteiger partial charge in [0.2, 0.25) is 20.0 Å². The van der Waals surface area contributed by atoms with Gasteiger partial charge in [-0.1, -0.05) is 0 Å². The van der Waals surface area contributed by atoms with Gasteiger partial charge < -0.3 is 14.8 Å². The molecule has 11 nitrogen and oxygen atoms in total. The van der Waals surface area contributed by atoms with Gasteiger partial charge in [0.15, 0.2) is 0 Å². The second kappa shape index (κ2) is 12.6. The Morgan fingerprint density at radius 1 is 0.919 bits per heavy atom. The van der Waals surface area contributed by atoms with E-state index in [2.05, 4.69) is 19.8 Å². The van der Waals surface area contributed by atoms with Crippen molar-refractivity contribution in [2.45, 2.75) is 26.7 Å². The molecule has 1 aliphatic rings. The van der Waals surface area contributed by atoms with Crippen molar-refractivity contribution in [1.29, 1.82) is 5.26 Å². The van der Waals surface area contributed by atoms with Crippen LogP contribution < -0.4 is 24.2 Å². The van der Waals surface area contributed by atoms with Crippen molar-refractivity contribution in [3.63, 3.8) is 0 Å². The minimum absolute atomic E-state index is 0.265. The number of nitrogens with one attached hydrogen (secondary N) is 3. The smallest absolute Gasteiger partial charge is 0.229 e. The summed E-state index contributed by atoms with van der Waals surface area (Å²) in [6.45, 7) is 5.44. The molecule has 0 saturated heterocycles. The van der Waals surface area contributed by atoms with Crippen LogP contribution in [0.1, 0.15) is 22.3 Å². The van der Waals surface area contributed by atoms with Crippen molar-refractivity contribution < 1.29 is 26.3 Å². The van der Waals surface area contributed by atoms with E-state index in [9.17, 15) is 16.8 Å². The number of methoxy groups -OCH3 is 2. The molecule has 202 valence electrons. The lowest BCUT2D eigenvalue weighted by molar-refractivity contribution is 0.416. The fourth-order valence-corrected chi connectivity index (χ4v) is 4.69. The van der Waals surface area contributed by atoms with Gasteiger partial charge in [-0.15, -0.1) is 0 Å². The van der Waals surface area contributed by atoms with Gasteiger partial charge in [0, 0.05) is 13.0 Å². The minimum Gasteiger partial charge on any atom is -0.495 e. The number of sulfonamides is 2. The Bertz CT molecular complexity index is 1410. The first-order chi connectivity index (χ1) is 17.3. The zero-order valence-corrected chi connectivity index (χ0v) is 23.4. The van der Waals surface area contributed by atoms with Gasteiger partial charge in [-0.05, 0) is 60.4 Å². The maximum Gasteiger partial charge on any atom is 0.229 e. The van der Waals surface area contributed by atoms with E-state index in [4.69, 9.17) is 14.7 Å². The number of aliphatic imine (C=N–C) groups is 1. The van der Waals surface area contributed by atoms with E-state index in [0.717, 1.165) is 53.7 Å². The van der Waals surface area contributed by atoms with Crippen LogP contribution in [0, 0.1) is 25.2 Å². The Labute approximate surface area is 219 Å². The number of hydrogen-bond acceptors (Lipinski definition) is 9. The summed E-state index contributed by atoms with van der Waals surface area (Å²) in [6, 6.07) is 9.02. The second-order valence-corrected chi connectivity index (χ2v) is 12.0. The van der Waals surface area contributed by atoms with Crippen LogP contribution in [0.15, 0.2) is 29.3 Å². The van der Waals surface area contributed by atoms with E-state index < -0.39 is 20.0 Å². The molecule has 1 aliphatic heterocycles. The molecular formula is C24H33N5O6S2. The van der Waals surface area contributed by atoms with Crippen LogP contribution >= 0.6 is 0 Å². The van der Waals surface area contributed by atoms with Crippen molar-refractivity contribution in [2.24, 2.45) is 4.99 Å². The molecule has 3 rings (SSSR count). The van der Waals surface area contributed by atoms with Crippen LogP contribution in [0.5, 0.6) is 11.5 Å². The number of hydrogen-bond donors (Lipinski definition) is 3. The lowest BCUT2D eigenvalue weighted by Gasteiger charge is -2.14. The highest BCUT2D eigenvalue weighted by molar-refractivity contribution is 7.92. The summed E-state index contributed by atoms with van der Waals surface area (Å²) in [7, 11) is -3.70. The first-order valence-electron chi connectivity index (χ1n) is 11.2. The van der Waals surface area contributed by atoms with E-state index in [1.165, 1.54) is 14.2 Å². The molecule has 0 spiro atoms. The first-order valence-corrected chi connectivity index (χ1v) is 15.0. The number of amidine groups is 1. The summed E-state index contributed by atoms with van der Waals surface area (Å²) in [5.74, 6) is 1.87. The monoisotopic (exact) mass is 551 g/mol.